The molecule has 1 rings (SSSR count). The number of hydrogen-bond donors (Lipinski definition) is 2. The zero-order valence-corrected chi connectivity index (χ0v) is 12.2. The first-order valence-corrected chi connectivity index (χ1v) is 7.33. The molecule has 0 heterocycles. The number of rotatable bonds is 8. The van der Waals surface area contributed by atoms with E-state index in [9.17, 15) is 5.11 Å². The summed E-state index contributed by atoms with van der Waals surface area (Å²) in [6.45, 7) is 8.65. The normalized spacial score (nSPS) is 28.8. The van der Waals surface area contributed by atoms with Gasteiger partial charge in [0.1, 0.15) is 0 Å². The van der Waals surface area contributed by atoms with Gasteiger partial charge >= 0.3 is 0 Å². The summed E-state index contributed by atoms with van der Waals surface area (Å²) in [5, 5.41) is 13.3. The zero-order valence-electron chi connectivity index (χ0n) is 12.2. The minimum Gasteiger partial charge on any atom is -0.394 e. The molecule has 4 heteroatoms. The second kappa shape index (κ2) is 8.10. The van der Waals surface area contributed by atoms with Gasteiger partial charge in [0.2, 0.25) is 0 Å². The van der Waals surface area contributed by atoms with Crippen molar-refractivity contribution in [2.75, 3.05) is 39.9 Å². The summed E-state index contributed by atoms with van der Waals surface area (Å²) in [5.41, 5.74) is -0.222. The van der Waals surface area contributed by atoms with Crippen LogP contribution in [0.5, 0.6) is 0 Å². The van der Waals surface area contributed by atoms with Gasteiger partial charge in [-0.3, -0.25) is 0 Å². The quantitative estimate of drug-likeness (QED) is 0.687. The molecule has 18 heavy (non-hydrogen) atoms. The summed E-state index contributed by atoms with van der Waals surface area (Å²) in [7, 11) is 1.76. The van der Waals surface area contributed by atoms with Crippen LogP contribution in [0, 0.1) is 0 Å². The Morgan fingerprint density at radius 1 is 1.33 bits per heavy atom. The van der Waals surface area contributed by atoms with Crippen LogP contribution in [0.1, 0.15) is 39.5 Å². The van der Waals surface area contributed by atoms with E-state index >= 15 is 0 Å². The van der Waals surface area contributed by atoms with Crippen LogP contribution < -0.4 is 5.32 Å². The topological polar surface area (TPSA) is 44.7 Å². The SMILES string of the molecule is CCN(CC)CCNC1(CO)CCCCC1OC. The molecule has 1 aliphatic carbocycles. The Labute approximate surface area is 112 Å². The van der Waals surface area contributed by atoms with Crippen LogP contribution >= 0.6 is 0 Å². The Bertz CT molecular complexity index is 222. The van der Waals surface area contributed by atoms with Gasteiger partial charge < -0.3 is 20.1 Å². The number of aliphatic hydroxyl groups is 1. The van der Waals surface area contributed by atoms with Gasteiger partial charge in [0.25, 0.3) is 0 Å². The molecule has 1 saturated carbocycles. The van der Waals surface area contributed by atoms with Gasteiger partial charge in [0.05, 0.1) is 18.2 Å². The van der Waals surface area contributed by atoms with Gasteiger partial charge in [-0.2, -0.15) is 0 Å². The molecule has 0 aromatic carbocycles. The first kappa shape index (κ1) is 15.9. The fourth-order valence-corrected chi connectivity index (χ4v) is 2.99. The lowest BCUT2D eigenvalue weighted by molar-refractivity contribution is -0.0386. The molecule has 0 saturated heterocycles. The minimum absolute atomic E-state index is 0.146. The summed E-state index contributed by atoms with van der Waals surface area (Å²) in [4.78, 5) is 2.39. The van der Waals surface area contributed by atoms with Crippen LogP contribution in [0.15, 0.2) is 0 Å². The van der Waals surface area contributed by atoms with E-state index in [1.165, 1.54) is 12.8 Å². The van der Waals surface area contributed by atoms with Crippen LogP contribution in [-0.4, -0.2) is 61.5 Å². The van der Waals surface area contributed by atoms with Crippen molar-refractivity contribution in [2.45, 2.75) is 51.2 Å². The number of aliphatic hydroxyl groups excluding tert-OH is 1. The van der Waals surface area contributed by atoms with E-state index in [1.807, 2.05) is 0 Å². The third-order valence-electron chi connectivity index (χ3n) is 4.32. The fourth-order valence-electron chi connectivity index (χ4n) is 2.99. The predicted molar refractivity (Wildman–Crippen MR) is 74.9 cm³/mol. The van der Waals surface area contributed by atoms with Gasteiger partial charge in [0.15, 0.2) is 0 Å². The van der Waals surface area contributed by atoms with E-state index in [-0.39, 0.29) is 18.2 Å². The number of methoxy groups -OCH3 is 1. The number of nitrogens with zero attached hydrogens (tertiary/aromatic N) is 1. The molecule has 0 aromatic heterocycles. The molecule has 108 valence electrons. The van der Waals surface area contributed by atoms with Gasteiger partial charge in [0, 0.05) is 20.2 Å². The smallest absolute Gasteiger partial charge is 0.0775 e. The molecule has 4 nitrogen and oxygen atoms in total. The second-order valence-corrected chi connectivity index (χ2v) is 5.24. The van der Waals surface area contributed by atoms with Crippen molar-refractivity contribution in [1.82, 2.24) is 10.2 Å². The lowest BCUT2D eigenvalue weighted by atomic mass is 9.79. The van der Waals surface area contributed by atoms with Gasteiger partial charge in [-0.15, -0.1) is 0 Å². The average molecular weight is 258 g/mol. The molecule has 0 amide bonds. The Morgan fingerprint density at radius 3 is 2.61 bits per heavy atom. The third-order valence-corrected chi connectivity index (χ3v) is 4.32. The maximum absolute atomic E-state index is 9.77. The summed E-state index contributed by atoms with van der Waals surface area (Å²) >= 11 is 0. The standard InChI is InChI=1S/C14H30N2O2/c1-4-16(5-2)11-10-15-14(12-17)9-7-6-8-13(14)18-3/h13,15,17H,4-12H2,1-3H3. The van der Waals surface area contributed by atoms with E-state index in [0.29, 0.717) is 0 Å². The highest BCUT2D eigenvalue weighted by Gasteiger charge is 2.40. The van der Waals surface area contributed by atoms with Crippen molar-refractivity contribution in [1.29, 1.82) is 0 Å². The molecule has 0 aromatic rings. The number of hydrogen-bond acceptors (Lipinski definition) is 4. The van der Waals surface area contributed by atoms with E-state index < -0.39 is 0 Å². The molecular weight excluding hydrogens is 228 g/mol. The highest BCUT2D eigenvalue weighted by Crippen LogP contribution is 2.30. The Hall–Kier alpha value is -0.160. The first-order chi connectivity index (χ1) is 8.72. The van der Waals surface area contributed by atoms with Crippen LogP contribution in [-0.2, 0) is 4.74 Å². The Balaban J connectivity index is 2.48. The second-order valence-electron chi connectivity index (χ2n) is 5.24. The van der Waals surface area contributed by atoms with Crippen molar-refractivity contribution in [2.24, 2.45) is 0 Å². The van der Waals surface area contributed by atoms with E-state index in [1.54, 1.807) is 7.11 Å². The summed E-state index contributed by atoms with van der Waals surface area (Å²) in [5.74, 6) is 0. The van der Waals surface area contributed by atoms with Gasteiger partial charge in [-0.25, -0.2) is 0 Å². The highest BCUT2D eigenvalue weighted by molar-refractivity contribution is 4.98. The number of ether oxygens (including phenoxy) is 1. The summed E-state index contributed by atoms with van der Waals surface area (Å²) < 4.78 is 5.57. The Kier molecular flexibility index (Phi) is 7.15. The largest absolute Gasteiger partial charge is 0.394 e. The molecule has 0 radical (unpaired) electrons. The third kappa shape index (κ3) is 3.92. The van der Waals surface area contributed by atoms with E-state index in [2.05, 4.69) is 24.1 Å². The fraction of sp³-hybridized carbons (Fsp3) is 1.00. The van der Waals surface area contributed by atoms with Crippen LogP contribution in [0.25, 0.3) is 0 Å². The van der Waals surface area contributed by atoms with E-state index in [0.717, 1.165) is 39.0 Å². The van der Waals surface area contributed by atoms with Crippen LogP contribution in [0.2, 0.25) is 0 Å². The lowest BCUT2D eigenvalue weighted by Gasteiger charge is -2.43. The van der Waals surface area contributed by atoms with Gasteiger partial charge in [-0.05, 0) is 25.9 Å². The van der Waals surface area contributed by atoms with Crippen molar-refractivity contribution < 1.29 is 9.84 Å². The van der Waals surface area contributed by atoms with Gasteiger partial charge in [-0.1, -0.05) is 26.7 Å². The number of nitrogens with one attached hydrogen (secondary N) is 1. The molecule has 1 aliphatic rings. The maximum Gasteiger partial charge on any atom is 0.0775 e. The van der Waals surface area contributed by atoms with Crippen molar-refractivity contribution in [3.8, 4) is 0 Å². The van der Waals surface area contributed by atoms with Crippen LogP contribution in [0.4, 0.5) is 0 Å². The molecule has 2 unspecified atom stereocenters. The molecule has 0 spiro atoms. The van der Waals surface area contributed by atoms with Crippen molar-refractivity contribution in [3.63, 3.8) is 0 Å². The predicted octanol–water partition coefficient (Wildman–Crippen LogP) is 1.24. The average Bonchev–Trinajstić information content (AvgIpc) is 2.44. The van der Waals surface area contributed by atoms with Crippen molar-refractivity contribution >= 4 is 0 Å². The molecular formula is C14H30N2O2. The molecule has 0 bridgehead atoms. The summed E-state index contributed by atoms with van der Waals surface area (Å²) in [6.07, 6.45) is 4.60. The van der Waals surface area contributed by atoms with Crippen LogP contribution in [0.3, 0.4) is 0 Å². The molecule has 1 fully saturated rings. The van der Waals surface area contributed by atoms with E-state index in [4.69, 9.17) is 4.74 Å². The lowest BCUT2D eigenvalue weighted by Crippen LogP contribution is -2.60. The monoisotopic (exact) mass is 258 g/mol. The first-order valence-electron chi connectivity index (χ1n) is 7.33. The molecule has 0 aliphatic heterocycles. The minimum atomic E-state index is -0.222. The summed E-state index contributed by atoms with van der Waals surface area (Å²) in [6, 6.07) is 0. The highest BCUT2D eigenvalue weighted by atomic mass is 16.5. The Morgan fingerprint density at radius 2 is 2.06 bits per heavy atom. The van der Waals surface area contributed by atoms with Crippen molar-refractivity contribution in [3.05, 3.63) is 0 Å². The molecule has 2 N–H and O–H groups in total. The zero-order chi connectivity index (χ0) is 13.4. The maximum atomic E-state index is 9.77. The molecule has 2 atom stereocenters. The number of likely N-dealkylation sites (N-methyl/N-ethyl adjacent to an activating group) is 1.